The van der Waals surface area contributed by atoms with Crippen molar-refractivity contribution in [2.75, 3.05) is 18.4 Å². The minimum atomic E-state index is -1.37. The van der Waals surface area contributed by atoms with Gasteiger partial charge in [-0.1, -0.05) is 0 Å². The van der Waals surface area contributed by atoms with Crippen molar-refractivity contribution in [3.63, 3.8) is 0 Å². The predicted molar refractivity (Wildman–Crippen MR) is 112 cm³/mol. The number of nitrogens with zero attached hydrogens (tertiary/aromatic N) is 6. The second-order valence-electron chi connectivity index (χ2n) is 8.43. The number of primary amides is 1. The first-order chi connectivity index (χ1) is 15.3. The van der Waals surface area contributed by atoms with Crippen LogP contribution < -0.4 is 11.1 Å². The number of nitriles is 1. The van der Waals surface area contributed by atoms with Crippen LogP contribution in [0.25, 0.3) is 16.6 Å². The highest BCUT2D eigenvalue weighted by Gasteiger charge is 2.54. The summed E-state index contributed by atoms with van der Waals surface area (Å²) in [5, 5.41) is 20.8. The number of anilines is 1. The van der Waals surface area contributed by atoms with Crippen LogP contribution in [0.2, 0.25) is 0 Å². The minimum Gasteiger partial charge on any atom is -0.375 e. The number of aryl methyl sites for hydroxylation is 1. The first-order valence-corrected chi connectivity index (χ1v) is 10.2. The van der Waals surface area contributed by atoms with Gasteiger partial charge in [-0.05, 0) is 18.9 Å². The molecule has 1 saturated heterocycles. The Morgan fingerprint density at radius 2 is 2.03 bits per heavy atom. The van der Waals surface area contributed by atoms with E-state index in [-0.39, 0.29) is 24.6 Å². The van der Waals surface area contributed by atoms with E-state index in [4.69, 9.17) is 5.73 Å². The van der Waals surface area contributed by atoms with Gasteiger partial charge in [-0.15, -0.1) is 0 Å². The molecule has 0 unspecified atom stereocenters. The van der Waals surface area contributed by atoms with Crippen LogP contribution >= 0.6 is 0 Å². The minimum absolute atomic E-state index is 0.0896. The smallest absolute Gasteiger partial charge is 0.252 e. The Labute approximate surface area is 182 Å². The molecule has 0 spiro atoms. The third kappa shape index (κ3) is 3.15. The van der Waals surface area contributed by atoms with Gasteiger partial charge in [0, 0.05) is 37.1 Å². The second-order valence-corrected chi connectivity index (χ2v) is 8.43. The third-order valence-corrected chi connectivity index (χ3v) is 6.18. The number of fused-ring (bicyclic) bond motifs is 1. The number of alkyl halides is 1. The predicted octanol–water partition coefficient (Wildman–Crippen LogP) is 1.10. The Kier molecular flexibility index (Phi) is 4.40. The van der Waals surface area contributed by atoms with E-state index >= 15 is 0 Å². The largest absolute Gasteiger partial charge is 0.375 e. The number of carbonyl (C=O) groups excluding carboxylic acids is 2. The fraction of sp³-hybridized carbons (Fsp3) is 0.381. The van der Waals surface area contributed by atoms with Crippen molar-refractivity contribution in [1.82, 2.24) is 24.3 Å². The molecule has 3 aromatic rings. The molecule has 4 heterocycles. The average Bonchev–Trinajstić information content (AvgIpc) is 3.05. The van der Waals surface area contributed by atoms with E-state index in [0.717, 1.165) is 11.1 Å². The molecular weight excluding hydrogens is 415 g/mol. The first-order valence-electron chi connectivity index (χ1n) is 10.2. The molecule has 1 aliphatic heterocycles. The standard InChI is InChI=1S/C21H21FN8O2/c1-28-7-13(5-25-28)12-4-17-18(14(19(24)31)6-26-30(17)8-12)27-16-10-29(9-15(16)22)20(32)21(11-23)2-3-21/h4-8,15-16,27H,2-3,9-10H2,1H3,(H2,24,31)/t15-,16+/m0/s1. The number of nitrogens with one attached hydrogen (secondary N) is 1. The van der Waals surface area contributed by atoms with Crippen molar-refractivity contribution in [1.29, 1.82) is 5.26 Å². The molecule has 32 heavy (non-hydrogen) atoms. The number of halogens is 1. The Bertz CT molecular complexity index is 1280. The van der Waals surface area contributed by atoms with Crippen LogP contribution in [-0.4, -0.2) is 61.4 Å². The van der Waals surface area contributed by atoms with Gasteiger partial charge in [0.15, 0.2) is 0 Å². The molecule has 1 saturated carbocycles. The number of hydrogen-bond acceptors (Lipinski definition) is 6. The molecular formula is C21H21FN8O2. The lowest BCUT2D eigenvalue weighted by Gasteiger charge is -2.20. The van der Waals surface area contributed by atoms with Crippen molar-refractivity contribution in [3.05, 3.63) is 36.4 Å². The van der Waals surface area contributed by atoms with Gasteiger partial charge in [-0.2, -0.15) is 15.5 Å². The van der Waals surface area contributed by atoms with Crippen LogP contribution in [0.1, 0.15) is 23.2 Å². The van der Waals surface area contributed by atoms with Crippen molar-refractivity contribution < 1.29 is 14.0 Å². The zero-order chi connectivity index (χ0) is 22.6. The summed E-state index contributed by atoms with van der Waals surface area (Å²) in [5.41, 5.74) is 7.26. The normalized spacial score (nSPS) is 21.5. The maximum atomic E-state index is 14.9. The number of carbonyl (C=O) groups is 2. The highest BCUT2D eigenvalue weighted by atomic mass is 19.1. The molecule has 3 N–H and O–H groups in total. The summed E-state index contributed by atoms with van der Waals surface area (Å²) in [4.78, 5) is 26.1. The molecule has 1 aliphatic carbocycles. The van der Waals surface area contributed by atoms with Gasteiger partial charge in [0.05, 0.1) is 47.8 Å². The zero-order valence-corrected chi connectivity index (χ0v) is 17.3. The first kappa shape index (κ1) is 20.0. The second kappa shape index (κ2) is 7.05. The maximum Gasteiger partial charge on any atom is 0.252 e. The van der Waals surface area contributed by atoms with Crippen LogP contribution in [0.4, 0.5) is 10.1 Å². The van der Waals surface area contributed by atoms with Gasteiger partial charge in [0.25, 0.3) is 5.91 Å². The van der Waals surface area contributed by atoms with Gasteiger partial charge in [0.2, 0.25) is 5.91 Å². The summed E-state index contributed by atoms with van der Waals surface area (Å²) >= 11 is 0. The number of likely N-dealkylation sites (tertiary alicyclic amines) is 1. The van der Waals surface area contributed by atoms with E-state index in [2.05, 4.69) is 21.6 Å². The van der Waals surface area contributed by atoms with E-state index in [9.17, 15) is 19.2 Å². The summed E-state index contributed by atoms with van der Waals surface area (Å²) in [6.45, 7) is -0.0125. The Morgan fingerprint density at radius 3 is 2.66 bits per heavy atom. The molecule has 2 fully saturated rings. The van der Waals surface area contributed by atoms with E-state index in [1.165, 1.54) is 11.1 Å². The Morgan fingerprint density at radius 1 is 1.25 bits per heavy atom. The highest BCUT2D eigenvalue weighted by Crippen LogP contribution is 2.47. The van der Waals surface area contributed by atoms with Crippen molar-refractivity contribution in [2.45, 2.75) is 25.1 Å². The van der Waals surface area contributed by atoms with Crippen LogP contribution in [0.5, 0.6) is 0 Å². The lowest BCUT2D eigenvalue weighted by Crippen LogP contribution is -2.36. The number of aromatic nitrogens is 4. The maximum absolute atomic E-state index is 14.9. The number of hydrogen-bond donors (Lipinski definition) is 2. The van der Waals surface area contributed by atoms with Crippen LogP contribution in [-0.2, 0) is 11.8 Å². The summed E-state index contributed by atoms with van der Waals surface area (Å²) in [5.74, 6) is -1.03. The SMILES string of the molecule is Cn1cc(-c2cc3c(N[C@@H]4CN(C(=O)C5(C#N)CC5)C[C@@H]4F)c(C(N)=O)cnn3c2)cn1. The number of rotatable bonds is 5. The molecule has 0 aromatic carbocycles. The van der Waals surface area contributed by atoms with Crippen molar-refractivity contribution in [2.24, 2.45) is 18.2 Å². The Hall–Kier alpha value is -3.94. The molecule has 0 bridgehead atoms. The molecule has 2 amide bonds. The van der Waals surface area contributed by atoms with Gasteiger partial charge < -0.3 is 16.0 Å². The average molecular weight is 436 g/mol. The van der Waals surface area contributed by atoms with E-state index in [0.29, 0.717) is 24.0 Å². The van der Waals surface area contributed by atoms with Crippen LogP contribution in [0, 0.1) is 16.7 Å². The fourth-order valence-corrected chi connectivity index (χ4v) is 4.18. The third-order valence-electron chi connectivity index (χ3n) is 6.18. The fourth-order valence-electron chi connectivity index (χ4n) is 4.18. The molecule has 0 radical (unpaired) electrons. The quantitative estimate of drug-likeness (QED) is 0.615. The molecule has 3 aromatic heterocycles. The highest BCUT2D eigenvalue weighted by molar-refractivity contribution is 6.02. The molecule has 2 atom stereocenters. The summed E-state index contributed by atoms with van der Waals surface area (Å²) < 4.78 is 18.2. The summed E-state index contributed by atoms with van der Waals surface area (Å²) in [7, 11) is 1.81. The van der Waals surface area contributed by atoms with Gasteiger partial charge >= 0.3 is 0 Å². The number of nitrogens with two attached hydrogens (primary N) is 1. The lowest BCUT2D eigenvalue weighted by molar-refractivity contribution is -0.134. The van der Waals surface area contributed by atoms with Gasteiger partial charge in [0.1, 0.15) is 11.6 Å². The molecule has 2 aliphatic rings. The molecule has 164 valence electrons. The molecule has 5 rings (SSSR count). The topological polar surface area (TPSA) is 134 Å². The lowest BCUT2D eigenvalue weighted by atomic mass is 10.1. The van der Waals surface area contributed by atoms with Crippen LogP contribution in [0.3, 0.4) is 0 Å². The van der Waals surface area contributed by atoms with Crippen molar-refractivity contribution in [3.8, 4) is 17.2 Å². The monoisotopic (exact) mass is 436 g/mol. The van der Waals surface area contributed by atoms with E-state index in [1.807, 2.05) is 19.3 Å². The zero-order valence-electron chi connectivity index (χ0n) is 17.3. The molecule has 10 nitrogen and oxygen atoms in total. The van der Waals surface area contributed by atoms with Gasteiger partial charge in [-0.3, -0.25) is 14.3 Å². The molecule has 11 heteroatoms. The van der Waals surface area contributed by atoms with E-state index in [1.54, 1.807) is 21.6 Å². The van der Waals surface area contributed by atoms with E-state index < -0.39 is 23.5 Å². The Balaban J connectivity index is 1.48. The number of amides is 2. The van der Waals surface area contributed by atoms with Crippen LogP contribution in [0.15, 0.2) is 30.9 Å². The summed E-state index contributed by atoms with van der Waals surface area (Å²) in [6, 6.07) is 3.13. The summed E-state index contributed by atoms with van der Waals surface area (Å²) in [6.07, 6.45) is 6.32. The van der Waals surface area contributed by atoms with Crippen molar-refractivity contribution >= 4 is 23.0 Å². The van der Waals surface area contributed by atoms with Gasteiger partial charge in [-0.25, -0.2) is 8.91 Å².